The normalized spacial score (nSPS) is 10.9. The summed E-state index contributed by atoms with van der Waals surface area (Å²) in [6, 6.07) is 4.00. The van der Waals surface area contributed by atoms with Crippen molar-refractivity contribution in [1.82, 2.24) is 0 Å². The molecule has 1 aromatic rings. The number of alkyl halides is 3. The molecule has 3 nitrogen and oxygen atoms in total. The van der Waals surface area contributed by atoms with Gasteiger partial charge in [0.25, 0.3) is 0 Å². The summed E-state index contributed by atoms with van der Waals surface area (Å²) in [6.45, 7) is 3.13. The molecular formula is C13H12F3NO2. The molecule has 1 aromatic carbocycles. The molecule has 0 radical (unpaired) electrons. The first kappa shape index (κ1) is 15.0. The summed E-state index contributed by atoms with van der Waals surface area (Å²) in [4.78, 5) is 11.4. The van der Waals surface area contributed by atoms with E-state index in [0.29, 0.717) is 5.56 Å². The minimum atomic E-state index is -4.68. The van der Waals surface area contributed by atoms with Gasteiger partial charge in [0.1, 0.15) is 0 Å². The Kier molecular flexibility index (Phi) is 4.54. The minimum absolute atomic E-state index is 0.0944. The first-order valence-corrected chi connectivity index (χ1v) is 5.56. The fourth-order valence-electron chi connectivity index (χ4n) is 1.75. The molecule has 0 atom stereocenters. The van der Waals surface area contributed by atoms with E-state index in [9.17, 15) is 18.0 Å². The van der Waals surface area contributed by atoms with Crippen LogP contribution >= 0.6 is 0 Å². The quantitative estimate of drug-likeness (QED) is 0.794. The van der Waals surface area contributed by atoms with Crippen molar-refractivity contribution in [2.24, 2.45) is 0 Å². The topological polar surface area (TPSA) is 50.1 Å². The Morgan fingerprint density at radius 2 is 2.05 bits per heavy atom. The number of esters is 1. The number of rotatable bonds is 3. The third kappa shape index (κ3) is 3.47. The average Bonchev–Trinajstić information content (AvgIpc) is 2.30. The second kappa shape index (κ2) is 5.74. The maximum Gasteiger partial charge on any atom is 0.417 e. The van der Waals surface area contributed by atoms with Crippen LogP contribution in [0.2, 0.25) is 0 Å². The summed E-state index contributed by atoms with van der Waals surface area (Å²) < 4.78 is 43.7. The second-order valence-corrected chi connectivity index (χ2v) is 3.87. The largest absolute Gasteiger partial charge is 0.466 e. The van der Waals surface area contributed by atoms with Crippen LogP contribution in [-0.4, -0.2) is 12.6 Å². The van der Waals surface area contributed by atoms with E-state index in [4.69, 9.17) is 5.26 Å². The Labute approximate surface area is 108 Å². The van der Waals surface area contributed by atoms with Gasteiger partial charge in [0, 0.05) is 0 Å². The number of nitrogens with zero attached hydrogens (tertiary/aromatic N) is 1. The van der Waals surface area contributed by atoms with Crippen LogP contribution in [0.1, 0.15) is 29.2 Å². The number of ether oxygens (including phenoxy) is 1. The van der Waals surface area contributed by atoms with Gasteiger partial charge in [0.05, 0.1) is 30.2 Å². The van der Waals surface area contributed by atoms with E-state index >= 15 is 0 Å². The van der Waals surface area contributed by atoms with Gasteiger partial charge < -0.3 is 4.74 Å². The molecule has 0 aliphatic heterocycles. The minimum Gasteiger partial charge on any atom is -0.466 e. The molecule has 0 unspecified atom stereocenters. The lowest BCUT2D eigenvalue weighted by Crippen LogP contribution is -2.17. The van der Waals surface area contributed by atoms with E-state index in [2.05, 4.69) is 4.74 Å². The first-order chi connectivity index (χ1) is 8.81. The van der Waals surface area contributed by atoms with Crippen LogP contribution < -0.4 is 0 Å². The Morgan fingerprint density at radius 3 is 2.53 bits per heavy atom. The monoisotopic (exact) mass is 271 g/mol. The Balaban J connectivity index is 3.36. The maximum atomic E-state index is 13.0. The third-order valence-corrected chi connectivity index (χ3v) is 2.58. The number of carbonyl (C=O) groups is 1. The molecule has 0 aliphatic carbocycles. The Bertz CT molecular complexity index is 530. The molecule has 102 valence electrons. The zero-order chi connectivity index (χ0) is 14.6. The molecule has 0 saturated carbocycles. The van der Waals surface area contributed by atoms with Crippen molar-refractivity contribution >= 4 is 5.97 Å². The van der Waals surface area contributed by atoms with Crippen LogP contribution in [0.3, 0.4) is 0 Å². The molecule has 0 spiro atoms. The molecule has 0 fully saturated rings. The molecule has 0 aromatic heterocycles. The summed E-state index contributed by atoms with van der Waals surface area (Å²) in [6.07, 6.45) is -5.18. The molecule has 0 N–H and O–H groups in total. The van der Waals surface area contributed by atoms with Crippen LogP contribution in [0.25, 0.3) is 0 Å². The second-order valence-electron chi connectivity index (χ2n) is 3.87. The maximum absolute atomic E-state index is 13.0. The predicted octanol–water partition coefficient (Wildman–Crippen LogP) is 2.99. The van der Waals surface area contributed by atoms with Gasteiger partial charge in [-0.2, -0.15) is 18.4 Å². The van der Waals surface area contributed by atoms with Gasteiger partial charge in [-0.15, -0.1) is 0 Å². The Morgan fingerprint density at radius 1 is 1.42 bits per heavy atom. The summed E-state index contributed by atoms with van der Waals surface area (Å²) >= 11 is 0. The van der Waals surface area contributed by atoms with Crippen molar-refractivity contribution in [3.05, 3.63) is 34.4 Å². The van der Waals surface area contributed by atoms with Crippen molar-refractivity contribution < 1.29 is 22.7 Å². The van der Waals surface area contributed by atoms with Crippen molar-refractivity contribution in [2.75, 3.05) is 6.61 Å². The van der Waals surface area contributed by atoms with E-state index in [1.165, 1.54) is 19.1 Å². The van der Waals surface area contributed by atoms with Gasteiger partial charge >= 0.3 is 12.1 Å². The lowest BCUT2D eigenvalue weighted by Gasteiger charge is -2.16. The highest BCUT2D eigenvalue weighted by Gasteiger charge is 2.37. The van der Waals surface area contributed by atoms with E-state index in [1.54, 1.807) is 6.92 Å². The lowest BCUT2D eigenvalue weighted by molar-refractivity contribution is -0.143. The molecule has 19 heavy (non-hydrogen) atoms. The number of aryl methyl sites for hydroxylation is 1. The molecular weight excluding hydrogens is 259 g/mol. The molecule has 0 amide bonds. The van der Waals surface area contributed by atoms with Crippen molar-refractivity contribution in [1.29, 1.82) is 5.26 Å². The van der Waals surface area contributed by atoms with Crippen LogP contribution in [0.15, 0.2) is 12.1 Å². The number of hydrogen-bond donors (Lipinski definition) is 0. The fourth-order valence-corrected chi connectivity index (χ4v) is 1.75. The highest BCUT2D eigenvalue weighted by Crippen LogP contribution is 2.36. The van der Waals surface area contributed by atoms with Gasteiger partial charge in [-0.3, -0.25) is 4.79 Å². The summed E-state index contributed by atoms with van der Waals surface area (Å²) in [5.41, 5.74) is -1.44. The highest BCUT2D eigenvalue weighted by molar-refractivity contribution is 5.74. The van der Waals surface area contributed by atoms with Gasteiger partial charge in [-0.25, -0.2) is 0 Å². The SMILES string of the molecule is CCOC(=O)Cc1c(C)ccc(C#N)c1C(F)(F)F. The standard InChI is InChI=1S/C13H12F3NO2/c1-3-19-11(18)6-10-8(2)4-5-9(7-17)12(10)13(14,15)16/h4-5H,3,6H2,1-2H3. The van der Waals surface area contributed by atoms with E-state index in [-0.39, 0.29) is 12.2 Å². The van der Waals surface area contributed by atoms with Crippen LogP contribution in [-0.2, 0) is 22.1 Å². The van der Waals surface area contributed by atoms with Crippen molar-refractivity contribution in [3.63, 3.8) is 0 Å². The number of carbonyl (C=O) groups excluding carboxylic acids is 1. The summed E-state index contributed by atoms with van der Waals surface area (Å²) in [7, 11) is 0. The van der Waals surface area contributed by atoms with Crippen LogP contribution in [0.5, 0.6) is 0 Å². The summed E-state index contributed by atoms with van der Waals surface area (Å²) in [5, 5.41) is 8.77. The number of halogens is 3. The van der Waals surface area contributed by atoms with Gasteiger partial charge in [0.2, 0.25) is 0 Å². The van der Waals surface area contributed by atoms with E-state index in [0.717, 1.165) is 6.07 Å². The molecule has 0 bridgehead atoms. The highest BCUT2D eigenvalue weighted by atomic mass is 19.4. The molecule has 6 heteroatoms. The average molecular weight is 271 g/mol. The fraction of sp³-hybridized carbons (Fsp3) is 0.385. The zero-order valence-electron chi connectivity index (χ0n) is 10.5. The number of nitriles is 1. The smallest absolute Gasteiger partial charge is 0.417 e. The first-order valence-electron chi connectivity index (χ1n) is 5.56. The molecule has 0 saturated heterocycles. The predicted molar refractivity (Wildman–Crippen MR) is 61.2 cm³/mol. The van der Waals surface area contributed by atoms with Gasteiger partial charge in [-0.1, -0.05) is 6.07 Å². The van der Waals surface area contributed by atoms with E-state index < -0.39 is 29.7 Å². The zero-order valence-corrected chi connectivity index (χ0v) is 10.5. The Hall–Kier alpha value is -2.03. The van der Waals surface area contributed by atoms with Gasteiger partial charge in [0.15, 0.2) is 0 Å². The molecule has 1 rings (SSSR count). The third-order valence-electron chi connectivity index (χ3n) is 2.58. The lowest BCUT2D eigenvalue weighted by atomic mass is 9.94. The molecule has 0 aliphatic rings. The number of benzene rings is 1. The van der Waals surface area contributed by atoms with Crippen molar-refractivity contribution in [2.45, 2.75) is 26.4 Å². The molecule has 0 heterocycles. The van der Waals surface area contributed by atoms with Crippen LogP contribution in [0.4, 0.5) is 13.2 Å². The van der Waals surface area contributed by atoms with Gasteiger partial charge in [-0.05, 0) is 31.0 Å². The summed E-state index contributed by atoms with van der Waals surface area (Å²) in [5.74, 6) is -0.744. The van der Waals surface area contributed by atoms with Crippen molar-refractivity contribution in [3.8, 4) is 6.07 Å². The van der Waals surface area contributed by atoms with E-state index in [1.807, 2.05) is 0 Å². The number of hydrogen-bond acceptors (Lipinski definition) is 3. The van der Waals surface area contributed by atoms with Crippen LogP contribution in [0, 0.1) is 18.3 Å².